The molecule has 0 unspecified atom stereocenters. The molecule has 0 saturated heterocycles. The van der Waals surface area contributed by atoms with E-state index in [0.717, 1.165) is 33.2 Å². The summed E-state index contributed by atoms with van der Waals surface area (Å²) in [5.41, 5.74) is 5.23. The first-order valence-corrected chi connectivity index (χ1v) is 8.92. The number of rotatable bonds is 3. The van der Waals surface area contributed by atoms with Gasteiger partial charge in [0.2, 0.25) is 0 Å². The van der Waals surface area contributed by atoms with Crippen LogP contribution in [0.4, 0.5) is 5.69 Å². The van der Waals surface area contributed by atoms with Gasteiger partial charge in [0, 0.05) is 28.9 Å². The van der Waals surface area contributed by atoms with E-state index in [9.17, 15) is 10.1 Å². The highest BCUT2D eigenvalue weighted by atomic mass is 16.6. The van der Waals surface area contributed by atoms with Crippen molar-refractivity contribution in [3.05, 3.63) is 101 Å². The van der Waals surface area contributed by atoms with Crippen LogP contribution in [0.15, 0.2) is 91.1 Å². The molecule has 134 valence electrons. The molecule has 0 atom stereocenters. The maximum atomic E-state index is 11.5. The quantitative estimate of drug-likeness (QED) is 0.302. The van der Waals surface area contributed by atoms with Crippen LogP contribution in [-0.2, 0) is 0 Å². The molecular weight excluding hydrogens is 350 g/mol. The highest BCUT2D eigenvalue weighted by Crippen LogP contribution is 2.35. The first-order valence-electron chi connectivity index (χ1n) is 8.92. The van der Waals surface area contributed by atoms with Gasteiger partial charge in [-0.2, -0.15) is 0 Å². The molecule has 0 amide bonds. The molecule has 0 N–H and O–H groups in total. The van der Waals surface area contributed by atoms with Gasteiger partial charge in [-0.3, -0.25) is 15.1 Å². The van der Waals surface area contributed by atoms with Gasteiger partial charge in [-0.15, -0.1) is 0 Å². The summed E-state index contributed by atoms with van der Waals surface area (Å²) in [6.45, 7) is 0. The molecular formula is C23H15N3O2. The van der Waals surface area contributed by atoms with E-state index in [-0.39, 0.29) is 10.6 Å². The van der Waals surface area contributed by atoms with Crippen molar-refractivity contribution in [1.82, 2.24) is 9.55 Å². The summed E-state index contributed by atoms with van der Waals surface area (Å²) >= 11 is 0. The largest absolute Gasteiger partial charge is 0.308 e. The van der Waals surface area contributed by atoms with Crippen LogP contribution in [0, 0.1) is 10.1 Å². The zero-order valence-corrected chi connectivity index (χ0v) is 14.8. The number of nitro benzene ring substituents is 1. The molecule has 0 aliphatic carbocycles. The normalized spacial score (nSPS) is 11.1. The Hall–Kier alpha value is -3.99. The highest BCUT2D eigenvalue weighted by molar-refractivity contribution is 6.07. The molecule has 0 bridgehead atoms. The summed E-state index contributed by atoms with van der Waals surface area (Å²) in [6.07, 6.45) is 1.71. The summed E-state index contributed by atoms with van der Waals surface area (Å²) in [4.78, 5) is 15.8. The van der Waals surface area contributed by atoms with Gasteiger partial charge in [0.05, 0.1) is 27.0 Å². The Morgan fingerprint density at radius 3 is 2.36 bits per heavy atom. The molecule has 0 spiro atoms. The zero-order chi connectivity index (χ0) is 19.1. The van der Waals surface area contributed by atoms with Crippen molar-refractivity contribution >= 4 is 27.6 Å². The van der Waals surface area contributed by atoms with E-state index in [1.54, 1.807) is 24.4 Å². The molecule has 5 nitrogen and oxygen atoms in total. The predicted molar refractivity (Wildman–Crippen MR) is 111 cm³/mol. The monoisotopic (exact) mass is 365 g/mol. The van der Waals surface area contributed by atoms with Gasteiger partial charge in [0.15, 0.2) is 0 Å². The van der Waals surface area contributed by atoms with Gasteiger partial charge in [-0.25, -0.2) is 0 Å². The van der Waals surface area contributed by atoms with Crippen LogP contribution in [0.1, 0.15) is 0 Å². The summed E-state index contributed by atoms with van der Waals surface area (Å²) in [7, 11) is 0. The molecule has 0 saturated carbocycles. The fraction of sp³-hybridized carbons (Fsp3) is 0. The van der Waals surface area contributed by atoms with Crippen LogP contribution in [0.3, 0.4) is 0 Å². The smallest absolute Gasteiger partial charge is 0.277 e. The second-order valence-corrected chi connectivity index (χ2v) is 6.55. The molecule has 0 fully saturated rings. The fourth-order valence-electron chi connectivity index (χ4n) is 3.71. The lowest BCUT2D eigenvalue weighted by Gasteiger charge is -2.08. The molecule has 0 aliphatic heterocycles. The van der Waals surface area contributed by atoms with Gasteiger partial charge < -0.3 is 4.57 Å². The predicted octanol–water partition coefficient (Wildman–Crippen LogP) is 5.75. The molecule has 5 rings (SSSR count). The molecule has 3 aromatic carbocycles. The minimum atomic E-state index is -0.355. The van der Waals surface area contributed by atoms with Gasteiger partial charge in [0.1, 0.15) is 0 Å². The minimum absolute atomic E-state index is 0.0750. The van der Waals surface area contributed by atoms with E-state index in [4.69, 9.17) is 0 Å². The lowest BCUT2D eigenvalue weighted by atomic mass is 10.1. The third-order valence-corrected chi connectivity index (χ3v) is 4.93. The summed E-state index contributed by atoms with van der Waals surface area (Å²) in [5.74, 6) is 0. The average Bonchev–Trinajstić information content (AvgIpc) is 3.08. The Morgan fingerprint density at radius 2 is 1.54 bits per heavy atom. The number of para-hydroxylation sites is 3. The first-order chi connectivity index (χ1) is 13.7. The van der Waals surface area contributed by atoms with E-state index in [2.05, 4.69) is 21.7 Å². The molecule has 2 aromatic heterocycles. The van der Waals surface area contributed by atoms with Gasteiger partial charge in [0.25, 0.3) is 5.69 Å². The Balaban J connectivity index is 1.86. The highest BCUT2D eigenvalue weighted by Gasteiger charge is 2.18. The molecule has 0 radical (unpaired) electrons. The maximum Gasteiger partial charge on any atom is 0.277 e. The fourth-order valence-corrected chi connectivity index (χ4v) is 3.71. The SMILES string of the molecule is O=[N+]([O-])c1ccccc1-c1cnc2c3ccccc3n(-c3ccccc3)c2c1. The Labute approximate surface area is 160 Å². The standard InChI is InChI=1S/C23H15N3O2/c27-26(28)21-13-7-4-10-18(21)16-14-22-23(24-15-16)19-11-5-6-12-20(19)25(22)17-8-2-1-3-9-17/h1-15H. The lowest BCUT2D eigenvalue weighted by Crippen LogP contribution is -1.95. The van der Waals surface area contributed by atoms with E-state index in [0.29, 0.717) is 5.56 Å². The van der Waals surface area contributed by atoms with E-state index < -0.39 is 0 Å². The maximum absolute atomic E-state index is 11.5. The number of benzene rings is 3. The van der Waals surface area contributed by atoms with Crippen molar-refractivity contribution in [3.63, 3.8) is 0 Å². The van der Waals surface area contributed by atoms with E-state index in [1.165, 1.54) is 6.07 Å². The molecule has 5 heteroatoms. The topological polar surface area (TPSA) is 61.0 Å². The van der Waals surface area contributed by atoms with Crippen molar-refractivity contribution in [1.29, 1.82) is 0 Å². The van der Waals surface area contributed by atoms with E-state index in [1.807, 2.05) is 48.5 Å². The van der Waals surface area contributed by atoms with Crippen LogP contribution in [0.25, 0.3) is 38.8 Å². The number of nitro groups is 1. The van der Waals surface area contributed by atoms with Crippen molar-refractivity contribution in [2.45, 2.75) is 0 Å². The molecule has 5 aromatic rings. The lowest BCUT2D eigenvalue weighted by molar-refractivity contribution is -0.384. The van der Waals surface area contributed by atoms with Gasteiger partial charge in [-0.05, 0) is 30.3 Å². The second kappa shape index (κ2) is 6.32. The minimum Gasteiger partial charge on any atom is -0.308 e. The van der Waals surface area contributed by atoms with Crippen LogP contribution in [-0.4, -0.2) is 14.5 Å². The van der Waals surface area contributed by atoms with Crippen LogP contribution in [0.5, 0.6) is 0 Å². The molecule has 2 heterocycles. The molecule has 0 aliphatic rings. The number of pyridine rings is 1. The third kappa shape index (κ3) is 2.45. The van der Waals surface area contributed by atoms with Crippen molar-refractivity contribution in [2.24, 2.45) is 0 Å². The Morgan fingerprint density at radius 1 is 0.821 bits per heavy atom. The van der Waals surface area contributed by atoms with E-state index >= 15 is 0 Å². The number of aromatic nitrogens is 2. The van der Waals surface area contributed by atoms with Crippen LogP contribution >= 0.6 is 0 Å². The second-order valence-electron chi connectivity index (χ2n) is 6.55. The number of hydrogen-bond donors (Lipinski definition) is 0. The number of hydrogen-bond acceptors (Lipinski definition) is 3. The van der Waals surface area contributed by atoms with Crippen molar-refractivity contribution in [3.8, 4) is 16.8 Å². The number of nitrogens with zero attached hydrogens (tertiary/aromatic N) is 3. The Kier molecular flexibility index (Phi) is 3.66. The van der Waals surface area contributed by atoms with Crippen molar-refractivity contribution < 1.29 is 4.92 Å². The molecule has 28 heavy (non-hydrogen) atoms. The summed E-state index contributed by atoms with van der Waals surface area (Å²) in [6, 6.07) is 26.9. The summed E-state index contributed by atoms with van der Waals surface area (Å²) < 4.78 is 2.15. The third-order valence-electron chi connectivity index (χ3n) is 4.93. The zero-order valence-electron chi connectivity index (χ0n) is 14.8. The van der Waals surface area contributed by atoms with Gasteiger partial charge >= 0.3 is 0 Å². The Bertz CT molecular complexity index is 1340. The first kappa shape index (κ1) is 16.2. The van der Waals surface area contributed by atoms with Gasteiger partial charge in [-0.1, -0.05) is 48.5 Å². The summed E-state index contributed by atoms with van der Waals surface area (Å²) in [5, 5.41) is 12.5. The number of fused-ring (bicyclic) bond motifs is 3. The van der Waals surface area contributed by atoms with Crippen LogP contribution in [0.2, 0.25) is 0 Å². The van der Waals surface area contributed by atoms with Crippen LogP contribution < -0.4 is 0 Å². The van der Waals surface area contributed by atoms with Crippen molar-refractivity contribution in [2.75, 3.05) is 0 Å². The average molecular weight is 365 g/mol.